The van der Waals surface area contributed by atoms with Gasteiger partial charge in [-0.15, -0.1) is 0 Å². The Kier molecular flexibility index (Phi) is 2.06. The van der Waals surface area contributed by atoms with Crippen LogP contribution in [-0.4, -0.2) is 15.4 Å². The number of imidazole rings is 1. The molecule has 0 saturated heterocycles. The van der Waals surface area contributed by atoms with Crippen LogP contribution in [0.1, 0.15) is 42.9 Å². The third-order valence-corrected chi connectivity index (χ3v) is 2.94. The van der Waals surface area contributed by atoms with Gasteiger partial charge >= 0.3 is 0 Å². The number of nitrogens with two attached hydrogens (primary N) is 1. The maximum Gasteiger partial charge on any atom is 0.143 e. The molecule has 1 aliphatic heterocycles. The molecule has 76 valence electrons. The van der Waals surface area contributed by atoms with Gasteiger partial charge in [0.2, 0.25) is 0 Å². The summed E-state index contributed by atoms with van der Waals surface area (Å²) in [7, 11) is 0. The average Bonchev–Trinajstić information content (AvgIpc) is 2.46. The van der Waals surface area contributed by atoms with Crippen molar-refractivity contribution < 1.29 is 0 Å². The molecular formula is C10H16N4. The molecule has 0 saturated carbocycles. The standard InChI is InChI=1S/C10H16N4/c1-6-4-3-5-14-7(2)13-8(9(6)14)10(11)12/h6H,3-5H2,1-2H3,(H3,11,12). The second-order valence-corrected chi connectivity index (χ2v) is 4.00. The number of aryl methyl sites for hydroxylation is 1. The fraction of sp³-hybridized carbons (Fsp3) is 0.600. The molecule has 2 rings (SSSR count). The Hall–Kier alpha value is -1.32. The first-order valence-electron chi connectivity index (χ1n) is 5.02. The molecule has 1 aromatic heterocycles. The lowest BCUT2D eigenvalue weighted by molar-refractivity contribution is 0.467. The molecule has 2 heterocycles. The molecule has 1 aromatic rings. The number of nitrogens with one attached hydrogen (secondary N) is 1. The first-order valence-corrected chi connectivity index (χ1v) is 5.02. The van der Waals surface area contributed by atoms with E-state index in [2.05, 4.69) is 16.5 Å². The van der Waals surface area contributed by atoms with E-state index in [0.717, 1.165) is 18.1 Å². The van der Waals surface area contributed by atoms with E-state index in [-0.39, 0.29) is 5.84 Å². The summed E-state index contributed by atoms with van der Waals surface area (Å²) in [5, 5.41) is 7.48. The first kappa shape index (κ1) is 9.24. The van der Waals surface area contributed by atoms with Gasteiger partial charge < -0.3 is 10.3 Å². The Labute approximate surface area is 83.6 Å². The summed E-state index contributed by atoms with van der Waals surface area (Å²) in [4.78, 5) is 4.36. The zero-order valence-electron chi connectivity index (χ0n) is 8.67. The summed E-state index contributed by atoms with van der Waals surface area (Å²) in [6.07, 6.45) is 2.37. The molecule has 0 aromatic carbocycles. The van der Waals surface area contributed by atoms with Gasteiger partial charge in [0.1, 0.15) is 17.4 Å². The van der Waals surface area contributed by atoms with E-state index in [9.17, 15) is 0 Å². The normalized spacial score (nSPS) is 20.6. The van der Waals surface area contributed by atoms with Gasteiger partial charge in [0.15, 0.2) is 0 Å². The van der Waals surface area contributed by atoms with Crippen LogP contribution in [0.3, 0.4) is 0 Å². The van der Waals surface area contributed by atoms with Crippen molar-refractivity contribution in [2.75, 3.05) is 0 Å². The lowest BCUT2D eigenvalue weighted by Crippen LogP contribution is -2.20. The number of fused-ring (bicyclic) bond motifs is 1. The van der Waals surface area contributed by atoms with Crippen LogP contribution in [0.5, 0.6) is 0 Å². The number of nitrogen functional groups attached to an aromatic ring is 1. The SMILES string of the molecule is Cc1nc(C(=N)N)c2n1CCCC2C. The van der Waals surface area contributed by atoms with E-state index in [4.69, 9.17) is 11.1 Å². The largest absolute Gasteiger partial charge is 0.382 e. The maximum absolute atomic E-state index is 7.48. The van der Waals surface area contributed by atoms with E-state index in [1.165, 1.54) is 12.8 Å². The van der Waals surface area contributed by atoms with Crippen LogP contribution >= 0.6 is 0 Å². The Morgan fingerprint density at radius 1 is 1.64 bits per heavy atom. The zero-order chi connectivity index (χ0) is 10.3. The third-order valence-electron chi connectivity index (χ3n) is 2.94. The predicted molar refractivity (Wildman–Crippen MR) is 55.6 cm³/mol. The van der Waals surface area contributed by atoms with Gasteiger partial charge in [-0.05, 0) is 25.7 Å². The number of amidine groups is 1. The minimum absolute atomic E-state index is 0.0931. The van der Waals surface area contributed by atoms with Gasteiger partial charge in [0, 0.05) is 6.54 Å². The number of rotatable bonds is 1. The highest BCUT2D eigenvalue weighted by molar-refractivity contribution is 5.94. The van der Waals surface area contributed by atoms with E-state index in [1.807, 2.05) is 6.92 Å². The molecule has 4 nitrogen and oxygen atoms in total. The van der Waals surface area contributed by atoms with Gasteiger partial charge in [0.25, 0.3) is 0 Å². The Bertz CT molecular complexity index is 378. The van der Waals surface area contributed by atoms with Gasteiger partial charge in [-0.25, -0.2) is 4.98 Å². The summed E-state index contributed by atoms with van der Waals surface area (Å²) in [6.45, 7) is 5.18. The van der Waals surface area contributed by atoms with Crippen LogP contribution in [-0.2, 0) is 6.54 Å². The lowest BCUT2D eigenvalue weighted by Gasteiger charge is -2.22. The number of nitrogens with zero attached hydrogens (tertiary/aromatic N) is 2. The molecule has 0 amide bonds. The summed E-state index contributed by atoms with van der Waals surface area (Å²) >= 11 is 0. The topological polar surface area (TPSA) is 67.7 Å². The van der Waals surface area contributed by atoms with Crippen LogP contribution in [0.15, 0.2) is 0 Å². The fourth-order valence-electron chi connectivity index (χ4n) is 2.25. The van der Waals surface area contributed by atoms with Crippen LogP contribution in [0.25, 0.3) is 0 Å². The van der Waals surface area contributed by atoms with E-state index in [0.29, 0.717) is 11.6 Å². The Morgan fingerprint density at radius 2 is 2.36 bits per heavy atom. The Morgan fingerprint density at radius 3 is 3.00 bits per heavy atom. The fourth-order valence-corrected chi connectivity index (χ4v) is 2.25. The average molecular weight is 192 g/mol. The molecule has 4 heteroatoms. The summed E-state index contributed by atoms with van der Waals surface area (Å²) < 4.78 is 2.20. The van der Waals surface area contributed by atoms with Crippen molar-refractivity contribution in [3.05, 3.63) is 17.2 Å². The third kappa shape index (κ3) is 1.22. The van der Waals surface area contributed by atoms with Gasteiger partial charge in [-0.3, -0.25) is 5.41 Å². The van der Waals surface area contributed by atoms with Gasteiger partial charge in [-0.2, -0.15) is 0 Å². The van der Waals surface area contributed by atoms with Crippen molar-refractivity contribution >= 4 is 5.84 Å². The lowest BCUT2D eigenvalue weighted by atomic mass is 9.96. The molecule has 14 heavy (non-hydrogen) atoms. The van der Waals surface area contributed by atoms with Crippen LogP contribution in [0.4, 0.5) is 0 Å². The number of hydrogen-bond acceptors (Lipinski definition) is 2. The van der Waals surface area contributed by atoms with Crippen molar-refractivity contribution in [3.63, 3.8) is 0 Å². The van der Waals surface area contributed by atoms with E-state index >= 15 is 0 Å². The number of hydrogen-bond donors (Lipinski definition) is 2. The summed E-state index contributed by atoms with van der Waals surface area (Å²) in [5.41, 5.74) is 7.36. The van der Waals surface area contributed by atoms with Crippen LogP contribution in [0.2, 0.25) is 0 Å². The molecule has 0 bridgehead atoms. The molecular weight excluding hydrogens is 176 g/mol. The minimum atomic E-state index is 0.0931. The quantitative estimate of drug-likeness (QED) is 0.521. The molecule has 1 aliphatic rings. The second kappa shape index (κ2) is 3.12. The zero-order valence-corrected chi connectivity index (χ0v) is 8.67. The molecule has 0 radical (unpaired) electrons. The highest BCUT2D eigenvalue weighted by atomic mass is 15.1. The summed E-state index contributed by atoms with van der Waals surface area (Å²) in [6, 6.07) is 0. The van der Waals surface area contributed by atoms with Crippen molar-refractivity contribution in [2.45, 2.75) is 39.2 Å². The van der Waals surface area contributed by atoms with Crippen LogP contribution in [0, 0.1) is 12.3 Å². The predicted octanol–water partition coefficient (Wildman–Crippen LogP) is 1.37. The van der Waals surface area contributed by atoms with Crippen molar-refractivity contribution in [2.24, 2.45) is 5.73 Å². The van der Waals surface area contributed by atoms with Crippen molar-refractivity contribution in [3.8, 4) is 0 Å². The molecule has 0 spiro atoms. The van der Waals surface area contributed by atoms with Crippen LogP contribution < -0.4 is 5.73 Å². The highest BCUT2D eigenvalue weighted by Crippen LogP contribution is 2.30. The maximum atomic E-state index is 7.48. The van der Waals surface area contributed by atoms with Crippen molar-refractivity contribution in [1.29, 1.82) is 5.41 Å². The molecule has 1 atom stereocenters. The van der Waals surface area contributed by atoms with E-state index in [1.54, 1.807) is 0 Å². The highest BCUT2D eigenvalue weighted by Gasteiger charge is 2.24. The van der Waals surface area contributed by atoms with Crippen molar-refractivity contribution in [1.82, 2.24) is 9.55 Å². The first-order chi connectivity index (χ1) is 6.61. The molecule has 0 aliphatic carbocycles. The number of aromatic nitrogens is 2. The minimum Gasteiger partial charge on any atom is -0.382 e. The Balaban J connectivity index is 2.59. The molecule has 1 unspecified atom stereocenters. The monoisotopic (exact) mass is 192 g/mol. The second-order valence-electron chi connectivity index (χ2n) is 4.00. The smallest absolute Gasteiger partial charge is 0.143 e. The molecule has 0 fully saturated rings. The summed E-state index contributed by atoms with van der Waals surface area (Å²) in [5.74, 6) is 1.55. The van der Waals surface area contributed by atoms with Gasteiger partial charge in [-0.1, -0.05) is 6.92 Å². The van der Waals surface area contributed by atoms with E-state index < -0.39 is 0 Å². The molecule has 3 N–H and O–H groups in total. The van der Waals surface area contributed by atoms with Gasteiger partial charge in [0.05, 0.1) is 5.69 Å².